The van der Waals surface area contributed by atoms with Crippen molar-refractivity contribution in [3.8, 4) is 5.75 Å². The summed E-state index contributed by atoms with van der Waals surface area (Å²) in [5, 5.41) is 9.93. The highest BCUT2D eigenvalue weighted by molar-refractivity contribution is 7.99. The molecule has 0 radical (unpaired) electrons. The first-order valence-corrected chi connectivity index (χ1v) is 5.93. The van der Waals surface area contributed by atoms with Gasteiger partial charge in [0.15, 0.2) is 0 Å². The van der Waals surface area contributed by atoms with E-state index >= 15 is 0 Å². The van der Waals surface area contributed by atoms with Gasteiger partial charge in [0.2, 0.25) is 0 Å². The first kappa shape index (κ1) is 9.60. The van der Waals surface area contributed by atoms with Gasteiger partial charge in [0.05, 0.1) is 5.69 Å². The molecule has 3 N–H and O–H groups in total. The van der Waals surface area contributed by atoms with Crippen molar-refractivity contribution < 1.29 is 5.11 Å². The molecule has 0 aliphatic carbocycles. The van der Waals surface area contributed by atoms with E-state index in [1.54, 1.807) is 17.8 Å². The van der Waals surface area contributed by atoms with Gasteiger partial charge in [-0.2, -0.15) is 0 Å². The normalized spacial score (nSPS) is 13.0. The monoisotopic (exact) mass is 229 g/mol. The molecule has 80 valence electrons. The fourth-order valence-corrected chi connectivity index (χ4v) is 3.04. The lowest BCUT2D eigenvalue weighted by Crippen LogP contribution is -2.01. The van der Waals surface area contributed by atoms with Gasteiger partial charge in [0.25, 0.3) is 0 Å². The van der Waals surface area contributed by atoms with Crippen LogP contribution in [0.5, 0.6) is 5.75 Å². The van der Waals surface area contributed by atoms with Crippen molar-refractivity contribution in [3.05, 3.63) is 47.5 Å². The Bertz CT molecular complexity index is 566. The second-order valence-corrected chi connectivity index (χ2v) is 4.95. The zero-order valence-electron chi connectivity index (χ0n) is 8.60. The van der Waals surface area contributed by atoms with Crippen LogP contribution in [0.1, 0.15) is 11.1 Å². The average Bonchev–Trinajstić information content (AvgIpc) is 2.32. The first-order valence-electron chi connectivity index (χ1n) is 5.12. The van der Waals surface area contributed by atoms with E-state index in [1.165, 1.54) is 10.5 Å². The molecular weight excluding hydrogens is 218 g/mol. The molecule has 0 aromatic heterocycles. The van der Waals surface area contributed by atoms with E-state index < -0.39 is 0 Å². The topological polar surface area (TPSA) is 46.2 Å². The van der Waals surface area contributed by atoms with Gasteiger partial charge in [-0.3, -0.25) is 0 Å². The fraction of sp³-hybridized carbons (Fsp3) is 0.0769. The van der Waals surface area contributed by atoms with Crippen LogP contribution in [0.25, 0.3) is 0 Å². The van der Waals surface area contributed by atoms with Crippen molar-refractivity contribution in [3.63, 3.8) is 0 Å². The molecule has 2 aromatic rings. The minimum absolute atomic E-state index is 0.236. The summed E-state index contributed by atoms with van der Waals surface area (Å²) >= 11 is 1.69. The van der Waals surface area contributed by atoms with Gasteiger partial charge in [-0.15, -0.1) is 0 Å². The van der Waals surface area contributed by atoms with E-state index in [-0.39, 0.29) is 5.75 Å². The van der Waals surface area contributed by atoms with Gasteiger partial charge in [-0.1, -0.05) is 30.0 Å². The number of nitrogen functional groups attached to an aromatic ring is 1. The van der Waals surface area contributed by atoms with Crippen LogP contribution in [0.2, 0.25) is 0 Å². The Hall–Kier alpha value is -1.61. The molecule has 0 saturated heterocycles. The Labute approximate surface area is 98.1 Å². The third kappa shape index (κ3) is 1.36. The van der Waals surface area contributed by atoms with Gasteiger partial charge in [0.1, 0.15) is 5.75 Å². The third-order valence-corrected chi connectivity index (χ3v) is 4.05. The molecule has 16 heavy (non-hydrogen) atoms. The molecule has 3 heteroatoms. The largest absolute Gasteiger partial charge is 0.505 e. The number of phenolic OH excluding ortho intramolecular Hbond substituents is 1. The van der Waals surface area contributed by atoms with Crippen LogP contribution in [0.15, 0.2) is 46.2 Å². The van der Waals surface area contributed by atoms with Crippen molar-refractivity contribution in [2.24, 2.45) is 0 Å². The van der Waals surface area contributed by atoms with E-state index in [2.05, 4.69) is 12.1 Å². The number of rotatable bonds is 0. The van der Waals surface area contributed by atoms with Crippen molar-refractivity contribution in [1.82, 2.24) is 0 Å². The van der Waals surface area contributed by atoms with Crippen LogP contribution in [0.3, 0.4) is 0 Å². The first-order chi connectivity index (χ1) is 7.75. The average molecular weight is 229 g/mol. The molecule has 2 aromatic carbocycles. The van der Waals surface area contributed by atoms with Crippen LogP contribution in [-0.4, -0.2) is 5.11 Å². The SMILES string of the molecule is Nc1ccc2c(c1O)Cc1ccccc1S2. The number of anilines is 1. The van der Waals surface area contributed by atoms with Crippen LogP contribution in [0, 0.1) is 0 Å². The Kier molecular flexibility index (Phi) is 2.07. The van der Waals surface area contributed by atoms with Crippen LogP contribution >= 0.6 is 11.8 Å². The van der Waals surface area contributed by atoms with E-state index in [0.717, 1.165) is 16.9 Å². The molecule has 0 bridgehead atoms. The Balaban J connectivity index is 2.16. The number of hydrogen-bond acceptors (Lipinski definition) is 3. The highest BCUT2D eigenvalue weighted by Gasteiger charge is 2.19. The molecule has 0 saturated carbocycles. The molecule has 2 nitrogen and oxygen atoms in total. The number of aromatic hydroxyl groups is 1. The summed E-state index contributed by atoms with van der Waals surface area (Å²) in [6.45, 7) is 0. The van der Waals surface area contributed by atoms with Gasteiger partial charge in [0, 0.05) is 21.8 Å². The summed E-state index contributed by atoms with van der Waals surface area (Å²) in [6.07, 6.45) is 0.759. The second kappa shape index (κ2) is 3.46. The lowest BCUT2D eigenvalue weighted by molar-refractivity contribution is 0.469. The van der Waals surface area contributed by atoms with Gasteiger partial charge in [-0.25, -0.2) is 0 Å². The minimum Gasteiger partial charge on any atom is -0.505 e. The molecule has 0 unspecified atom stereocenters. The second-order valence-electron chi connectivity index (χ2n) is 3.87. The van der Waals surface area contributed by atoms with Crippen molar-refractivity contribution in [1.29, 1.82) is 0 Å². The van der Waals surface area contributed by atoms with Crippen molar-refractivity contribution in [2.45, 2.75) is 16.2 Å². The number of hydrogen-bond donors (Lipinski definition) is 2. The quantitative estimate of drug-likeness (QED) is 0.460. The van der Waals surface area contributed by atoms with Gasteiger partial charge in [-0.05, 0) is 23.8 Å². The van der Waals surface area contributed by atoms with Gasteiger partial charge < -0.3 is 10.8 Å². The van der Waals surface area contributed by atoms with E-state index in [9.17, 15) is 5.11 Å². The Morgan fingerprint density at radius 2 is 1.88 bits per heavy atom. The maximum atomic E-state index is 9.93. The smallest absolute Gasteiger partial charge is 0.143 e. The summed E-state index contributed by atoms with van der Waals surface area (Å²) in [4.78, 5) is 2.37. The van der Waals surface area contributed by atoms with Crippen LogP contribution in [0.4, 0.5) is 5.69 Å². The molecule has 0 atom stereocenters. The van der Waals surface area contributed by atoms with Crippen LogP contribution in [-0.2, 0) is 6.42 Å². The number of benzene rings is 2. The predicted molar refractivity (Wildman–Crippen MR) is 65.9 cm³/mol. The molecule has 3 rings (SSSR count). The lowest BCUT2D eigenvalue weighted by atomic mass is 10.0. The summed E-state index contributed by atoms with van der Waals surface area (Å²) in [7, 11) is 0. The molecule has 1 aliphatic rings. The Morgan fingerprint density at radius 1 is 1.06 bits per heavy atom. The van der Waals surface area contributed by atoms with E-state index in [1.807, 2.05) is 18.2 Å². The van der Waals surface area contributed by atoms with E-state index in [0.29, 0.717) is 5.69 Å². The molecular formula is C13H11NOS. The Morgan fingerprint density at radius 3 is 2.75 bits per heavy atom. The lowest BCUT2D eigenvalue weighted by Gasteiger charge is -2.20. The highest BCUT2D eigenvalue weighted by atomic mass is 32.2. The number of phenols is 1. The molecule has 1 aliphatic heterocycles. The summed E-state index contributed by atoms with van der Waals surface area (Å²) in [5.41, 5.74) is 8.36. The van der Waals surface area contributed by atoms with Crippen molar-refractivity contribution >= 4 is 17.4 Å². The number of fused-ring (bicyclic) bond motifs is 2. The summed E-state index contributed by atoms with van der Waals surface area (Å²) in [6, 6.07) is 12.0. The minimum atomic E-state index is 0.236. The van der Waals surface area contributed by atoms with Crippen LogP contribution < -0.4 is 5.73 Å². The maximum absolute atomic E-state index is 9.93. The standard InChI is InChI=1S/C13H11NOS/c14-10-5-6-12-9(13(10)15)7-8-3-1-2-4-11(8)16-12/h1-6,15H,7,14H2. The molecule has 0 spiro atoms. The summed E-state index contributed by atoms with van der Waals surface area (Å²) in [5.74, 6) is 0.236. The zero-order valence-corrected chi connectivity index (χ0v) is 9.42. The van der Waals surface area contributed by atoms with Crippen molar-refractivity contribution in [2.75, 3.05) is 5.73 Å². The molecule has 0 fully saturated rings. The fourth-order valence-electron chi connectivity index (χ4n) is 1.96. The highest BCUT2D eigenvalue weighted by Crippen LogP contribution is 2.44. The van der Waals surface area contributed by atoms with Gasteiger partial charge >= 0.3 is 0 Å². The zero-order chi connectivity index (χ0) is 11.1. The predicted octanol–water partition coefficient (Wildman–Crippen LogP) is 3.03. The number of nitrogens with two attached hydrogens (primary N) is 1. The maximum Gasteiger partial charge on any atom is 0.143 e. The third-order valence-electron chi connectivity index (χ3n) is 2.83. The molecule has 1 heterocycles. The summed E-state index contributed by atoms with van der Waals surface area (Å²) < 4.78 is 0. The van der Waals surface area contributed by atoms with E-state index in [4.69, 9.17) is 5.73 Å². The molecule has 0 amide bonds.